The first kappa shape index (κ1) is 55.1. The molecule has 1 aliphatic rings. The fourth-order valence-electron chi connectivity index (χ4n) is 7.76. The molecular weight excluding hydrogens is 767 g/mol. The van der Waals surface area contributed by atoms with Crippen LogP contribution in [0, 0.1) is 0 Å². The van der Waals surface area contributed by atoms with Crippen molar-refractivity contribution in [2.45, 2.75) is 262 Å². The van der Waals surface area contributed by atoms with Crippen LogP contribution in [0.25, 0.3) is 0 Å². The van der Waals surface area contributed by atoms with Gasteiger partial charge >= 0.3 is 10.4 Å². The molecule has 1 rings (SSSR count). The maximum atomic E-state index is 13.1. The lowest BCUT2D eigenvalue weighted by Crippen LogP contribution is -2.61. The van der Waals surface area contributed by atoms with Crippen molar-refractivity contribution < 1.29 is 57.0 Å². The molecule has 0 aromatic carbocycles. The molecule has 8 atom stereocenters. The van der Waals surface area contributed by atoms with Gasteiger partial charge in [-0.25, -0.2) is 4.18 Å². The number of rotatable bonds is 40. The van der Waals surface area contributed by atoms with Crippen LogP contribution in [-0.2, 0) is 28.9 Å². The highest BCUT2D eigenvalue weighted by molar-refractivity contribution is 7.80. The third-order valence-electron chi connectivity index (χ3n) is 11.5. The molecule has 346 valence electrons. The summed E-state index contributed by atoms with van der Waals surface area (Å²) in [7, 11) is -5.10. The minimum Gasteiger partial charge on any atom is -0.394 e. The molecule has 0 aromatic heterocycles. The van der Waals surface area contributed by atoms with E-state index < -0.39 is 78.5 Å². The average Bonchev–Trinajstić information content (AvgIpc) is 3.19. The van der Waals surface area contributed by atoms with E-state index in [-0.39, 0.29) is 6.42 Å². The molecule has 0 spiro atoms. The zero-order chi connectivity index (χ0) is 42.9. The molecule has 1 amide bonds. The van der Waals surface area contributed by atoms with E-state index in [1.165, 1.54) is 135 Å². The highest BCUT2D eigenvalue weighted by Crippen LogP contribution is 2.26. The van der Waals surface area contributed by atoms with Gasteiger partial charge in [0, 0.05) is 0 Å². The highest BCUT2D eigenvalue weighted by Gasteiger charge is 2.48. The molecule has 0 aromatic rings. The smallest absolute Gasteiger partial charge is 0.394 e. The Hall–Kier alpha value is -0.940. The second-order valence-corrected chi connectivity index (χ2v) is 17.9. The van der Waals surface area contributed by atoms with Crippen LogP contribution in [0.15, 0.2) is 0 Å². The van der Waals surface area contributed by atoms with E-state index in [1.54, 1.807) is 0 Å². The highest BCUT2D eigenvalue weighted by atomic mass is 32.3. The predicted molar refractivity (Wildman–Crippen MR) is 229 cm³/mol. The molecule has 58 heavy (non-hydrogen) atoms. The Morgan fingerprint density at radius 1 is 0.621 bits per heavy atom. The molecule has 14 heteroatoms. The number of ether oxygens (including phenoxy) is 2. The van der Waals surface area contributed by atoms with Gasteiger partial charge in [-0.15, -0.1) is 0 Å². The van der Waals surface area contributed by atoms with Crippen molar-refractivity contribution in [1.82, 2.24) is 5.32 Å². The molecule has 0 aliphatic carbocycles. The minimum absolute atomic E-state index is 0.266. The topological polar surface area (TPSA) is 212 Å². The standard InChI is InChI=1S/C44H87NO12S/c1-3-5-7-9-11-13-15-17-19-21-22-24-26-28-30-32-37(47)36(35-55-44-41(50)42(57-58(52,53)54)40(49)39(34-46)56-44)45-43(51)38(48)33-31-29-27-25-23-20-18-16-14-12-10-8-6-4-2/h36-42,44,46-50H,3-35H2,1-2H3,(H,45,51)(H,52,53,54). The van der Waals surface area contributed by atoms with E-state index in [9.17, 15) is 43.3 Å². The Morgan fingerprint density at radius 2 is 1.00 bits per heavy atom. The molecule has 1 aliphatic heterocycles. The van der Waals surface area contributed by atoms with Crippen LogP contribution in [-0.4, -0.2) is 107 Å². The van der Waals surface area contributed by atoms with E-state index in [2.05, 4.69) is 23.3 Å². The summed E-state index contributed by atoms with van der Waals surface area (Å²) in [4.78, 5) is 13.1. The van der Waals surface area contributed by atoms with Gasteiger partial charge in [-0.2, -0.15) is 8.42 Å². The summed E-state index contributed by atoms with van der Waals surface area (Å²) in [5.41, 5.74) is 0. The second kappa shape index (κ2) is 35.6. The normalized spacial score (nSPS) is 21.6. The van der Waals surface area contributed by atoms with Gasteiger partial charge in [0.2, 0.25) is 5.91 Å². The van der Waals surface area contributed by atoms with Gasteiger partial charge < -0.3 is 40.3 Å². The summed E-state index contributed by atoms with van der Waals surface area (Å²) in [5.74, 6) is -0.666. The molecule has 0 saturated carbocycles. The van der Waals surface area contributed by atoms with Crippen LogP contribution in [0.4, 0.5) is 0 Å². The SMILES string of the molecule is CCCCCCCCCCCCCCCCCC(O)C(COC1OC(CO)C(O)C(OS(=O)(=O)O)C1O)NC(=O)C(O)CCCCCCCCCCCCCCCC. The van der Waals surface area contributed by atoms with Crippen LogP contribution >= 0.6 is 0 Å². The summed E-state index contributed by atoms with van der Waals surface area (Å²) in [5, 5.41) is 55.3. The van der Waals surface area contributed by atoms with Crippen molar-refractivity contribution in [3.63, 3.8) is 0 Å². The van der Waals surface area contributed by atoms with E-state index in [4.69, 9.17) is 9.47 Å². The first-order valence-electron chi connectivity index (χ1n) is 23.5. The largest absolute Gasteiger partial charge is 0.397 e. The lowest BCUT2D eigenvalue weighted by molar-refractivity contribution is -0.298. The second-order valence-electron chi connectivity index (χ2n) is 16.9. The number of unbranched alkanes of at least 4 members (excludes halogenated alkanes) is 27. The third kappa shape index (κ3) is 27.8. The maximum Gasteiger partial charge on any atom is 0.397 e. The molecule has 1 saturated heterocycles. The first-order valence-corrected chi connectivity index (χ1v) is 24.9. The fourth-order valence-corrected chi connectivity index (χ4v) is 8.27. The Kier molecular flexibility index (Phi) is 33.8. The molecular formula is C44H87NO12S. The van der Waals surface area contributed by atoms with Crippen molar-refractivity contribution in [3.05, 3.63) is 0 Å². The number of carbonyl (C=O) groups excluding carboxylic acids is 1. The number of carbonyl (C=O) groups is 1. The molecule has 8 unspecified atom stereocenters. The number of hydrogen-bond acceptors (Lipinski definition) is 11. The minimum atomic E-state index is -5.10. The van der Waals surface area contributed by atoms with E-state index >= 15 is 0 Å². The summed E-state index contributed by atoms with van der Waals surface area (Å²) in [6, 6.07) is -1.03. The summed E-state index contributed by atoms with van der Waals surface area (Å²) in [6.45, 7) is 3.28. The zero-order valence-corrected chi connectivity index (χ0v) is 37.3. The van der Waals surface area contributed by atoms with Crippen molar-refractivity contribution in [2.24, 2.45) is 0 Å². The van der Waals surface area contributed by atoms with E-state index in [1.807, 2.05) is 0 Å². The Labute approximate surface area is 352 Å². The van der Waals surface area contributed by atoms with Crippen LogP contribution in [0.5, 0.6) is 0 Å². The van der Waals surface area contributed by atoms with Gasteiger partial charge in [0.25, 0.3) is 0 Å². The van der Waals surface area contributed by atoms with Crippen LogP contribution in [0.3, 0.4) is 0 Å². The summed E-state index contributed by atoms with van der Waals surface area (Å²) >= 11 is 0. The molecule has 0 bridgehead atoms. The molecule has 7 N–H and O–H groups in total. The van der Waals surface area contributed by atoms with Crippen molar-refractivity contribution in [3.8, 4) is 0 Å². The van der Waals surface area contributed by atoms with Crippen LogP contribution in [0.1, 0.15) is 213 Å². The number of aliphatic hydroxyl groups excluding tert-OH is 5. The molecule has 1 heterocycles. The quantitative estimate of drug-likeness (QED) is 0.0231. The van der Waals surface area contributed by atoms with Gasteiger partial charge in [0.05, 0.1) is 25.4 Å². The average molecular weight is 854 g/mol. The van der Waals surface area contributed by atoms with Gasteiger partial charge in [-0.05, 0) is 12.8 Å². The van der Waals surface area contributed by atoms with E-state index in [0.717, 1.165) is 38.5 Å². The zero-order valence-electron chi connectivity index (χ0n) is 36.5. The van der Waals surface area contributed by atoms with E-state index in [0.29, 0.717) is 19.3 Å². The molecule has 13 nitrogen and oxygen atoms in total. The number of aliphatic hydroxyl groups is 5. The Bertz CT molecular complexity index is 1070. The summed E-state index contributed by atoms with van der Waals surface area (Å²) < 4.78 is 47.6. The fraction of sp³-hybridized carbons (Fsp3) is 0.977. The predicted octanol–water partition coefficient (Wildman–Crippen LogP) is 7.97. The number of amides is 1. The monoisotopic (exact) mass is 854 g/mol. The lowest BCUT2D eigenvalue weighted by atomic mass is 9.99. The van der Waals surface area contributed by atoms with Crippen molar-refractivity contribution in [2.75, 3.05) is 13.2 Å². The Balaban J connectivity index is 2.55. The van der Waals surface area contributed by atoms with Gasteiger partial charge in [0.15, 0.2) is 6.29 Å². The molecule has 1 fully saturated rings. The molecule has 0 radical (unpaired) electrons. The van der Waals surface area contributed by atoms with Crippen LogP contribution in [0.2, 0.25) is 0 Å². The first-order chi connectivity index (χ1) is 27.9. The lowest BCUT2D eigenvalue weighted by Gasteiger charge is -2.41. The third-order valence-corrected chi connectivity index (χ3v) is 12.0. The van der Waals surface area contributed by atoms with Gasteiger partial charge in [-0.1, -0.05) is 200 Å². The Morgan fingerprint density at radius 3 is 1.38 bits per heavy atom. The number of nitrogens with one attached hydrogen (secondary N) is 1. The van der Waals surface area contributed by atoms with Crippen molar-refractivity contribution in [1.29, 1.82) is 0 Å². The van der Waals surface area contributed by atoms with Crippen LogP contribution < -0.4 is 5.32 Å². The number of hydrogen-bond donors (Lipinski definition) is 7. The summed E-state index contributed by atoms with van der Waals surface area (Å²) in [6.07, 6.45) is 24.2. The van der Waals surface area contributed by atoms with Gasteiger partial charge in [-0.3, -0.25) is 9.35 Å². The maximum absolute atomic E-state index is 13.1. The van der Waals surface area contributed by atoms with Gasteiger partial charge in [0.1, 0.15) is 30.5 Å². The van der Waals surface area contributed by atoms with Crippen molar-refractivity contribution >= 4 is 16.3 Å².